The van der Waals surface area contributed by atoms with Crippen molar-refractivity contribution in [3.63, 3.8) is 0 Å². The Morgan fingerprint density at radius 1 is 0.930 bits per heavy atom. The van der Waals surface area contributed by atoms with E-state index in [-0.39, 0.29) is 87.1 Å². The van der Waals surface area contributed by atoms with Gasteiger partial charge in [-0.2, -0.15) is 0 Å². The smallest absolute Gasteiger partial charge is 0.396 e. The highest BCUT2D eigenvalue weighted by Crippen LogP contribution is 2.41. The summed E-state index contributed by atoms with van der Waals surface area (Å²) in [5.74, 6) is -4.89. The van der Waals surface area contributed by atoms with Crippen LogP contribution in [-0.2, 0) is 52.6 Å². The van der Waals surface area contributed by atoms with Crippen molar-refractivity contribution in [3.05, 3.63) is 135 Å². The van der Waals surface area contributed by atoms with Crippen LogP contribution in [-0.4, -0.2) is 126 Å². The summed E-state index contributed by atoms with van der Waals surface area (Å²) in [5.41, 5.74) is 10.3. The number of fused-ring (bicyclic) bond motifs is 1. The van der Waals surface area contributed by atoms with Gasteiger partial charge < -0.3 is 56.5 Å². The molecule has 25 heteroatoms. The first kappa shape index (κ1) is 62.4. The second-order valence-corrected chi connectivity index (χ2v) is 25.6. The Morgan fingerprint density at radius 2 is 1.65 bits per heavy atom. The second-order valence-electron chi connectivity index (χ2n) is 23.2. The van der Waals surface area contributed by atoms with Gasteiger partial charge in [0.15, 0.2) is 11.6 Å². The fourth-order valence-corrected chi connectivity index (χ4v) is 12.6. The number of benzene rings is 4. The highest BCUT2D eigenvalue weighted by atomic mass is 32.1. The van der Waals surface area contributed by atoms with Crippen LogP contribution in [0.15, 0.2) is 90.4 Å². The number of β-amino-alcohol motifs (C(OH)–C–C–N with tert-alkyl or cyclic N) is 1. The zero-order valence-corrected chi connectivity index (χ0v) is 49.8. The first-order valence-electron chi connectivity index (χ1n) is 28.3. The molecule has 7 amide bonds. The van der Waals surface area contributed by atoms with E-state index in [1.807, 2.05) is 50.2 Å². The van der Waals surface area contributed by atoms with Crippen LogP contribution < -0.4 is 36.6 Å². The minimum Gasteiger partial charge on any atom is -0.488 e. The maximum absolute atomic E-state index is 16.2. The average molecular weight is 1220 g/mol. The number of likely N-dealkylation sites (tertiary alicyclic amines) is 1. The minimum atomic E-state index is -5.08. The van der Waals surface area contributed by atoms with Gasteiger partial charge in [-0.1, -0.05) is 75.4 Å². The first-order valence-corrected chi connectivity index (χ1v) is 30.8. The summed E-state index contributed by atoms with van der Waals surface area (Å²) in [6, 6.07) is 17.3. The number of nitrogens with one attached hydrogen (secondary N) is 5. The van der Waals surface area contributed by atoms with E-state index in [1.165, 1.54) is 57.5 Å². The van der Waals surface area contributed by atoms with Gasteiger partial charge in [-0.3, -0.25) is 47.8 Å². The molecule has 0 saturated carbocycles. The van der Waals surface area contributed by atoms with E-state index in [0.717, 1.165) is 27.3 Å². The van der Waals surface area contributed by atoms with Crippen LogP contribution in [0.4, 0.5) is 10.1 Å². The number of aliphatic hydroxyl groups is 1. The van der Waals surface area contributed by atoms with Crippen LogP contribution in [0, 0.1) is 18.2 Å². The molecule has 6 aromatic rings. The van der Waals surface area contributed by atoms with Crippen LogP contribution in [0.2, 0.25) is 0 Å². The van der Waals surface area contributed by atoms with Crippen molar-refractivity contribution < 1.29 is 66.9 Å². The van der Waals surface area contributed by atoms with Crippen LogP contribution >= 0.6 is 18.9 Å². The predicted molar refractivity (Wildman–Crippen MR) is 317 cm³/mol. The second kappa shape index (κ2) is 25.8. The molecule has 0 bridgehead atoms. The Morgan fingerprint density at radius 3 is 2.35 bits per heavy atom. The summed E-state index contributed by atoms with van der Waals surface area (Å²) < 4.78 is 33.8. The molecule has 9 rings (SSSR count). The van der Waals surface area contributed by atoms with Crippen LogP contribution in [0.3, 0.4) is 0 Å². The van der Waals surface area contributed by atoms with Gasteiger partial charge in [0.1, 0.15) is 36.5 Å². The number of carbonyl (C=O) groups excluding carboxylic acids is 8. The highest BCUT2D eigenvalue weighted by molar-refractivity contribution is 7.70. The standard InChI is InChI=1S/C61H69FN9O13PS/c1-32(34-15-17-37(18-16-34)53-33(2)64-31-86-53)65-56(76)46-28-42(72)29-70(46)59(79)54(61(3,4)5)69-50(74)14-8-10-35-9-7-13-48(51(35)62)84-30-41(21-24-49(63)73)66-57(77)47-27-38-12-6-11-36-19-23-44(58(78)71(47)52(36)38)68-55(75)45-26-40-25-39(20-22-43(40)67-45)60(80)85(81,82)83/h6-7,9,11-13,15-18,20,22,25-26,31-32,41-42,44,46-47,54,67,72H,8,10,14,19,21,23-24,27-30H2,1-5H3,(H2,63,73)(H,65,76)(H,66,77)(H,68,75)(H,69,74)(H2,81,82,83)/t32-,41-,42+,44-,46-,47-,54+/m0/s1. The summed E-state index contributed by atoms with van der Waals surface area (Å²) >= 11 is 1.54. The number of nitrogens with two attached hydrogens (primary N) is 1. The number of aromatic amines is 1. The number of amides is 7. The summed E-state index contributed by atoms with van der Waals surface area (Å²) in [6.45, 7) is 8.69. The molecular formula is C61H69FN9O13PS. The molecule has 10 N–H and O–H groups in total. The molecule has 0 aliphatic carbocycles. The summed E-state index contributed by atoms with van der Waals surface area (Å²) in [7, 11) is -5.08. The molecule has 3 aliphatic heterocycles. The number of nitrogens with zero attached hydrogens (tertiary/aromatic N) is 3. The Balaban J connectivity index is 0.803. The molecule has 5 heterocycles. The molecule has 0 spiro atoms. The molecule has 22 nitrogen and oxygen atoms in total. The van der Waals surface area contributed by atoms with E-state index in [4.69, 9.17) is 10.5 Å². The van der Waals surface area contributed by atoms with Crippen molar-refractivity contribution in [2.75, 3.05) is 18.1 Å². The van der Waals surface area contributed by atoms with Crippen molar-refractivity contribution in [1.82, 2.24) is 36.1 Å². The number of rotatable bonds is 22. The molecule has 86 heavy (non-hydrogen) atoms. The molecule has 4 aromatic carbocycles. The Kier molecular flexibility index (Phi) is 18.7. The number of hydrogen-bond donors (Lipinski definition) is 9. The fraction of sp³-hybridized carbons (Fsp3) is 0.393. The number of primary amides is 1. The normalized spacial score (nSPS) is 18.6. The fourth-order valence-electron chi connectivity index (χ4n) is 11.3. The zero-order chi connectivity index (χ0) is 61.9. The lowest BCUT2D eigenvalue weighted by atomic mass is 9.85. The van der Waals surface area contributed by atoms with E-state index >= 15 is 4.39 Å². The summed E-state index contributed by atoms with van der Waals surface area (Å²) in [5, 5.41) is 22.6. The Hall–Kier alpha value is -8.15. The lowest BCUT2D eigenvalue weighted by Crippen LogP contribution is -2.57. The number of aryl methyl sites for hydroxylation is 3. The van der Waals surface area contributed by atoms with Crippen LogP contribution in [0.5, 0.6) is 5.75 Å². The van der Waals surface area contributed by atoms with Gasteiger partial charge in [-0.05, 0) is 110 Å². The molecule has 1 fully saturated rings. The van der Waals surface area contributed by atoms with Crippen molar-refractivity contribution >= 4 is 82.4 Å². The van der Waals surface area contributed by atoms with Gasteiger partial charge in [0.05, 0.1) is 40.0 Å². The van der Waals surface area contributed by atoms with Crippen molar-refractivity contribution in [2.24, 2.45) is 11.1 Å². The Bertz CT molecular complexity index is 3670. The number of halogens is 1. The van der Waals surface area contributed by atoms with Crippen molar-refractivity contribution in [3.8, 4) is 16.2 Å². The number of para-hydroxylation sites is 1. The van der Waals surface area contributed by atoms with Gasteiger partial charge in [0.25, 0.3) is 11.4 Å². The number of H-pyrrole nitrogens is 1. The Labute approximate surface area is 499 Å². The van der Waals surface area contributed by atoms with Gasteiger partial charge in [-0.15, -0.1) is 11.3 Å². The molecule has 2 aromatic heterocycles. The van der Waals surface area contributed by atoms with Crippen LogP contribution in [0.25, 0.3) is 21.3 Å². The van der Waals surface area contributed by atoms with Crippen LogP contribution in [0.1, 0.15) is 121 Å². The largest absolute Gasteiger partial charge is 0.488 e. The average Bonchev–Trinajstić information content (AvgIpc) is 1.69. The molecule has 454 valence electrons. The van der Waals surface area contributed by atoms with E-state index < -0.39 is 108 Å². The summed E-state index contributed by atoms with van der Waals surface area (Å²) in [4.78, 5) is 139. The maximum atomic E-state index is 16.2. The molecule has 3 aliphatic rings. The number of aliphatic hydroxyl groups excluding tert-OH is 1. The maximum Gasteiger partial charge on any atom is 0.396 e. The van der Waals surface area contributed by atoms with Gasteiger partial charge >= 0.3 is 7.60 Å². The lowest BCUT2D eigenvalue weighted by molar-refractivity contribution is -0.144. The minimum absolute atomic E-state index is 0.000210. The quantitative estimate of drug-likeness (QED) is 0.0375. The van der Waals surface area contributed by atoms with Gasteiger partial charge in [0.2, 0.25) is 35.4 Å². The monoisotopic (exact) mass is 1220 g/mol. The number of ether oxygens (including phenoxy) is 1. The van der Waals surface area contributed by atoms with E-state index in [0.29, 0.717) is 28.6 Å². The van der Waals surface area contributed by atoms with Crippen molar-refractivity contribution in [1.29, 1.82) is 0 Å². The number of thiazole rings is 1. The topological polar surface area (TPSA) is 333 Å². The number of anilines is 1. The van der Waals surface area contributed by atoms with Gasteiger partial charge in [-0.25, -0.2) is 9.37 Å². The number of hydrogen-bond acceptors (Lipinski definition) is 13. The third kappa shape index (κ3) is 14.1. The third-order valence-corrected chi connectivity index (χ3v) is 17.6. The molecule has 0 radical (unpaired) electrons. The number of aromatic nitrogens is 2. The molecule has 1 saturated heterocycles. The molecule has 0 unspecified atom stereocenters. The van der Waals surface area contributed by atoms with E-state index in [2.05, 4.69) is 31.2 Å². The summed E-state index contributed by atoms with van der Waals surface area (Å²) in [6.07, 6.45) is -0.366. The first-order chi connectivity index (χ1) is 40.7. The lowest BCUT2D eigenvalue weighted by Gasteiger charge is -2.35. The third-order valence-electron chi connectivity index (χ3n) is 15.9. The number of carbonyl (C=O) groups is 8. The zero-order valence-electron chi connectivity index (χ0n) is 48.1. The predicted octanol–water partition coefficient (Wildman–Crippen LogP) is 5.58. The van der Waals surface area contributed by atoms with Gasteiger partial charge in [0, 0.05) is 48.7 Å². The van der Waals surface area contributed by atoms with E-state index in [9.17, 15) is 57.8 Å². The van der Waals surface area contributed by atoms with E-state index in [1.54, 1.807) is 38.4 Å². The SMILES string of the molecule is Cc1ncsc1-c1ccc([C@H](C)NC(=O)[C@@H]2C[C@@H](O)CN2C(=O)[C@@H](NC(=O)CCCc2cccc(OC[C@H](CCC(N)=O)NC(=O)[C@@H]3Cc4cccc5c4N3C(=O)[C@@H](NC(=O)c3cc4cc(C(=O)P(=O)(O)O)ccc4[nH]3)CC5)c2F)C(C)(C)C)cc1. The molecular weight excluding hydrogens is 1150 g/mol. The van der Waals surface area contributed by atoms with Crippen molar-refractivity contribution in [2.45, 2.75) is 135 Å². The highest BCUT2D eigenvalue weighted by Gasteiger charge is 2.46. The molecule has 7 atom stereocenters.